The van der Waals surface area contributed by atoms with E-state index in [9.17, 15) is 0 Å². The van der Waals surface area contributed by atoms with Crippen LogP contribution >= 0.6 is 0 Å². The summed E-state index contributed by atoms with van der Waals surface area (Å²) in [5, 5.41) is 3.67. The maximum absolute atomic E-state index is 5.87. The Balaban J connectivity index is 1.60. The lowest BCUT2D eigenvalue weighted by atomic mass is 10.0. The van der Waals surface area contributed by atoms with Crippen molar-refractivity contribution in [1.82, 2.24) is 5.32 Å². The molecule has 116 valence electrons. The smallest absolute Gasteiger partial charge is 0.163 e. The van der Waals surface area contributed by atoms with E-state index in [0.717, 1.165) is 18.2 Å². The van der Waals surface area contributed by atoms with E-state index in [1.807, 2.05) is 26.0 Å². The van der Waals surface area contributed by atoms with Gasteiger partial charge >= 0.3 is 0 Å². The van der Waals surface area contributed by atoms with Crippen molar-refractivity contribution in [2.24, 2.45) is 5.92 Å². The van der Waals surface area contributed by atoms with Gasteiger partial charge in [0.2, 0.25) is 0 Å². The highest BCUT2D eigenvalue weighted by atomic mass is 16.7. The zero-order valence-electron chi connectivity index (χ0n) is 13.1. The van der Waals surface area contributed by atoms with E-state index in [4.69, 9.17) is 14.2 Å². The number of methoxy groups -OCH3 is 1. The second-order valence-electron chi connectivity index (χ2n) is 6.45. The summed E-state index contributed by atoms with van der Waals surface area (Å²) in [6.45, 7) is 5.43. The summed E-state index contributed by atoms with van der Waals surface area (Å²) >= 11 is 0. The van der Waals surface area contributed by atoms with E-state index in [0.29, 0.717) is 12.6 Å². The molecule has 2 aliphatic rings. The van der Waals surface area contributed by atoms with Crippen molar-refractivity contribution in [3.05, 3.63) is 29.8 Å². The predicted octanol–water partition coefficient (Wildman–Crippen LogP) is 2.89. The van der Waals surface area contributed by atoms with E-state index < -0.39 is 5.79 Å². The van der Waals surface area contributed by atoms with Crippen molar-refractivity contribution < 1.29 is 14.2 Å². The van der Waals surface area contributed by atoms with Gasteiger partial charge in [-0.25, -0.2) is 0 Å². The molecule has 4 heteroatoms. The van der Waals surface area contributed by atoms with Crippen LogP contribution < -0.4 is 10.1 Å². The highest BCUT2D eigenvalue weighted by Gasteiger charge is 2.35. The van der Waals surface area contributed by atoms with Gasteiger partial charge in [-0.3, -0.25) is 0 Å². The van der Waals surface area contributed by atoms with Crippen LogP contribution in [0, 0.1) is 5.92 Å². The average Bonchev–Trinajstić information content (AvgIpc) is 3.24. The fourth-order valence-electron chi connectivity index (χ4n) is 2.92. The first-order chi connectivity index (χ1) is 10.1. The van der Waals surface area contributed by atoms with Crippen LogP contribution in [-0.4, -0.2) is 32.2 Å². The number of nitrogens with one attached hydrogen (secondary N) is 1. The zero-order chi connectivity index (χ0) is 14.9. The fraction of sp³-hybridized carbons (Fsp3) is 0.647. The van der Waals surface area contributed by atoms with Crippen LogP contribution in [0.15, 0.2) is 24.3 Å². The first-order valence-electron chi connectivity index (χ1n) is 7.76. The number of rotatable bonds is 6. The molecule has 1 aromatic carbocycles. The standard InChI is InChI=1S/C17H25NO3/c1-17(2)20-11-15(21-17)10-18-16(12-4-5-12)13-6-8-14(19-3)9-7-13/h6-9,12,15-16,18H,4-5,10-11H2,1-3H3. The molecule has 1 heterocycles. The lowest BCUT2D eigenvalue weighted by Gasteiger charge is -2.22. The molecular formula is C17H25NO3. The maximum atomic E-state index is 5.87. The average molecular weight is 291 g/mol. The minimum absolute atomic E-state index is 0.138. The largest absolute Gasteiger partial charge is 0.497 e. The summed E-state index contributed by atoms with van der Waals surface area (Å²) in [5.74, 6) is 1.21. The third kappa shape index (κ3) is 3.76. The Bertz CT molecular complexity index is 467. The molecule has 2 unspecified atom stereocenters. The van der Waals surface area contributed by atoms with Crippen LogP contribution in [0.4, 0.5) is 0 Å². The van der Waals surface area contributed by atoms with Crippen molar-refractivity contribution in [2.45, 2.75) is 44.6 Å². The molecule has 1 aliphatic heterocycles. The Morgan fingerprint density at radius 1 is 1.29 bits per heavy atom. The first kappa shape index (κ1) is 14.8. The van der Waals surface area contributed by atoms with Crippen molar-refractivity contribution in [2.75, 3.05) is 20.3 Å². The number of hydrogen-bond acceptors (Lipinski definition) is 4. The molecule has 1 saturated carbocycles. The summed E-state index contributed by atoms with van der Waals surface area (Å²) in [4.78, 5) is 0. The number of hydrogen-bond donors (Lipinski definition) is 1. The topological polar surface area (TPSA) is 39.7 Å². The van der Waals surface area contributed by atoms with Gasteiger partial charge in [0, 0.05) is 12.6 Å². The molecule has 1 N–H and O–H groups in total. The number of benzene rings is 1. The number of ether oxygens (including phenoxy) is 3. The SMILES string of the molecule is COc1ccc(C(NCC2COC(C)(C)O2)C2CC2)cc1. The molecule has 1 saturated heterocycles. The highest BCUT2D eigenvalue weighted by Crippen LogP contribution is 2.41. The third-order valence-corrected chi connectivity index (χ3v) is 4.20. The van der Waals surface area contributed by atoms with Gasteiger partial charge < -0.3 is 19.5 Å². The maximum Gasteiger partial charge on any atom is 0.163 e. The molecule has 2 fully saturated rings. The monoisotopic (exact) mass is 291 g/mol. The second-order valence-corrected chi connectivity index (χ2v) is 6.45. The summed E-state index contributed by atoms with van der Waals surface area (Å²) in [6.07, 6.45) is 2.74. The predicted molar refractivity (Wildman–Crippen MR) is 81.4 cm³/mol. The molecule has 0 aromatic heterocycles. The Labute approximate surface area is 126 Å². The molecule has 0 bridgehead atoms. The molecule has 1 aromatic rings. The Morgan fingerprint density at radius 2 is 2.00 bits per heavy atom. The van der Waals surface area contributed by atoms with Crippen LogP contribution in [0.3, 0.4) is 0 Å². The van der Waals surface area contributed by atoms with Gasteiger partial charge in [-0.1, -0.05) is 12.1 Å². The van der Waals surface area contributed by atoms with E-state index in [-0.39, 0.29) is 6.10 Å². The van der Waals surface area contributed by atoms with Gasteiger partial charge in [0.05, 0.1) is 19.8 Å². The molecule has 4 nitrogen and oxygen atoms in total. The summed E-state index contributed by atoms with van der Waals surface area (Å²) in [6, 6.07) is 8.79. The van der Waals surface area contributed by atoms with Crippen molar-refractivity contribution in [1.29, 1.82) is 0 Å². The molecule has 21 heavy (non-hydrogen) atoms. The highest BCUT2D eigenvalue weighted by molar-refractivity contribution is 5.30. The first-order valence-corrected chi connectivity index (χ1v) is 7.76. The lowest BCUT2D eigenvalue weighted by molar-refractivity contribution is -0.137. The molecule has 2 atom stereocenters. The third-order valence-electron chi connectivity index (χ3n) is 4.20. The van der Waals surface area contributed by atoms with Gasteiger partial charge in [-0.2, -0.15) is 0 Å². The fourth-order valence-corrected chi connectivity index (χ4v) is 2.92. The Hall–Kier alpha value is -1.10. The molecule has 0 amide bonds. The quantitative estimate of drug-likeness (QED) is 0.875. The van der Waals surface area contributed by atoms with Gasteiger partial charge in [0.15, 0.2) is 5.79 Å². The van der Waals surface area contributed by atoms with Gasteiger partial charge in [-0.15, -0.1) is 0 Å². The molecule has 3 rings (SSSR count). The van der Waals surface area contributed by atoms with Crippen LogP contribution in [0.25, 0.3) is 0 Å². The van der Waals surface area contributed by atoms with Crippen LogP contribution in [0.5, 0.6) is 5.75 Å². The van der Waals surface area contributed by atoms with E-state index in [1.165, 1.54) is 18.4 Å². The summed E-state index contributed by atoms with van der Waals surface area (Å²) in [7, 11) is 1.70. The minimum atomic E-state index is -0.443. The van der Waals surface area contributed by atoms with Gasteiger partial charge in [0.1, 0.15) is 5.75 Å². The molecule has 0 radical (unpaired) electrons. The van der Waals surface area contributed by atoms with Crippen LogP contribution in [0.2, 0.25) is 0 Å². The van der Waals surface area contributed by atoms with Gasteiger partial charge in [-0.05, 0) is 50.3 Å². The minimum Gasteiger partial charge on any atom is -0.497 e. The van der Waals surface area contributed by atoms with Crippen LogP contribution in [0.1, 0.15) is 38.3 Å². The molecule has 1 aliphatic carbocycles. The van der Waals surface area contributed by atoms with Crippen molar-refractivity contribution >= 4 is 0 Å². The van der Waals surface area contributed by atoms with Crippen LogP contribution in [-0.2, 0) is 9.47 Å². The Kier molecular flexibility index (Phi) is 4.20. The summed E-state index contributed by atoms with van der Waals surface area (Å²) < 4.78 is 16.7. The van der Waals surface area contributed by atoms with Crippen molar-refractivity contribution in [3.8, 4) is 5.75 Å². The zero-order valence-corrected chi connectivity index (χ0v) is 13.1. The second kappa shape index (κ2) is 5.95. The molecular weight excluding hydrogens is 266 g/mol. The Morgan fingerprint density at radius 3 is 2.52 bits per heavy atom. The van der Waals surface area contributed by atoms with Gasteiger partial charge in [0.25, 0.3) is 0 Å². The van der Waals surface area contributed by atoms with E-state index in [2.05, 4.69) is 17.4 Å². The summed E-state index contributed by atoms with van der Waals surface area (Å²) in [5.41, 5.74) is 1.33. The van der Waals surface area contributed by atoms with E-state index >= 15 is 0 Å². The van der Waals surface area contributed by atoms with Crippen molar-refractivity contribution in [3.63, 3.8) is 0 Å². The normalized spacial score (nSPS) is 25.8. The van der Waals surface area contributed by atoms with E-state index in [1.54, 1.807) is 7.11 Å². The molecule has 0 spiro atoms. The lowest BCUT2D eigenvalue weighted by Crippen LogP contribution is -2.33.